The Morgan fingerprint density at radius 2 is 1.86 bits per heavy atom. The molecule has 3 aliphatic rings. The first-order valence-corrected chi connectivity index (χ1v) is 11.1. The fourth-order valence-electron chi connectivity index (χ4n) is 5.00. The number of aromatic amines is 1. The van der Waals surface area contributed by atoms with Crippen LogP contribution in [0.2, 0.25) is 0 Å². The van der Waals surface area contributed by atoms with Crippen molar-refractivity contribution in [1.82, 2.24) is 20.4 Å². The number of anilines is 1. The molecule has 0 atom stereocenters. The van der Waals surface area contributed by atoms with Gasteiger partial charge in [0.15, 0.2) is 5.82 Å². The van der Waals surface area contributed by atoms with E-state index in [0.717, 1.165) is 31.4 Å². The van der Waals surface area contributed by atoms with Crippen molar-refractivity contribution in [3.05, 3.63) is 11.8 Å². The van der Waals surface area contributed by atoms with E-state index in [1.807, 2.05) is 6.07 Å². The second-order valence-electron chi connectivity index (χ2n) is 8.72. The Kier molecular flexibility index (Phi) is 5.87. The lowest BCUT2D eigenvalue weighted by molar-refractivity contribution is -0.131. The molecule has 8 heteroatoms. The fourth-order valence-corrected chi connectivity index (χ4v) is 5.00. The maximum atomic E-state index is 12.6. The number of hydrogen-bond donors (Lipinski definition) is 3. The van der Waals surface area contributed by atoms with E-state index in [-0.39, 0.29) is 30.8 Å². The van der Waals surface area contributed by atoms with Gasteiger partial charge >= 0.3 is 6.03 Å². The smallest absolute Gasteiger partial charge is 0.323 e. The van der Waals surface area contributed by atoms with Crippen molar-refractivity contribution in [2.24, 2.45) is 0 Å². The molecule has 0 unspecified atom stereocenters. The molecule has 1 saturated heterocycles. The minimum Gasteiger partial charge on any atom is -0.323 e. The molecular weight excluding hydrogens is 370 g/mol. The number of carbonyl (C=O) groups excluding carboxylic acids is 3. The van der Waals surface area contributed by atoms with Crippen molar-refractivity contribution in [2.45, 2.75) is 88.5 Å². The maximum Gasteiger partial charge on any atom is 0.325 e. The lowest BCUT2D eigenvalue weighted by Gasteiger charge is -2.19. The monoisotopic (exact) mass is 401 g/mol. The SMILES string of the molecule is O=C(CCCN1C(=O)NC2(CCCC2)C1=O)Nc1cc(C2CCCCCC2)[nH]n1. The highest BCUT2D eigenvalue weighted by Gasteiger charge is 2.52. The number of rotatable bonds is 6. The summed E-state index contributed by atoms with van der Waals surface area (Å²) in [7, 11) is 0. The molecule has 1 spiro atoms. The number of urea groups is 1. The lowest BCUT2D eigenvalue weighted by atomic mass is 9.97. The topological polar surface area (TPSA) is 107 Å². The number of hydrogen-bond acceptors (Lipinski definition) is 4. The summed E-state index contributed by atoms with van der Waals surface area (Å²) in [5, 5.41) is 13.0. The molecule has 1 aliphatic heterocycles. The van der Waals surface area contributed by atoms with E-state index in [2.05, 4.69) is 20.8 Å². The molecule has 158 valence electrons. The number of nitrogens with one attached hydrogen (secondary N) is 3. The van der Waals surface area contributed by atoms with Crippen LogP contribution >= 0.6 is 0 Å². The van der Waals surface area contributed by atoms with E-state index < -0.39 is 5.54 Å². The van der Waals surface area contributed by atoms with Gasteiger partial charge in [0.2, 0.25) is 5.91 Å². The second-order valence-corrected chi connectivity index (χ2v) is 8.72. The van der Waals surface area contributed by atoms with Crippen LogP contribution < -0.4 is 10.6 Å². The van der Waals surface area contributed by atoms with Gasteiger partial charge in [0.05, 0.1) is 0 Å². The third kappa shape index (κ3) is 4.31. The molecular formula is C21H31N5O3. The zero-order chi connectivity index (χ0) is 20.3. The van der Waals surface area contributed by atoms with E-state index in [1.165, 1.54) is 43.4 Å². The van der Waals surface area contributed by atoms with E-state index >= 15 is 0 Å². The molecule has 1 aromatic rings. The summed E-state index contributed by atoms with van der Waals surface area (Å²) in [6.07, 6.45) is 11.5. The summed E-state index contributed by atoms with van der Waals surface area (Å²) in [6.45, 7) is 0.272. The first-order valence-electron chi connectivity index (χ1n) is 11.1. The van der Waals surface area contributed by atoms with Crippen molar-refractivity contribution in [3.63, 3.8) is 0 Å². The normalized spacial score (nSPS) is 22.1. The maximum absolute atomic E-state index is 12.6. The van der Waals surface area contributed by atoms with Gasteiger partial charge in [-0.2, -0.15) is 5.10 Å². The van der Waals surface area contributed by atoms with Gasteiger partial charge in [0, 0.05) is 30.6 Å². The van der Waals surface area contributed by atoms with Crippen LogP contribution in [0.25, 0.3) is 0 Å². The molecule has 3 fully saturated rings. The number of carbonyl (C=O) groups is 3. The molecule has 0 aromatic carbocycles. The highest BCUT2D eigenvalue weighted by atomic mass is 16.2. The molecule has 4 rings (SSSR count). The largest absolute Gasteiger partial charge is 0.325 e. The lowest BCUT2D eigenvalue weighted by Crippen LogP contribution is -2.44. The van der Waals surface area contributed by atoms with Crippen LogP contribution in [-0.2, 0) is 9.59 Å². The first kappa shape index (κ1) is 19.9. The highest BCUT2D eigenvalue weighted by molar-refractivity contribution is 6.07. The number of aromatic nitrogens is 2. The van der Waals surface area contributed by atoms with Crippen molar-refractivity contribution >= 4 is 23.7 Å². The molecule has 2 aliphatic carbocycles. The van der Waals surface area contributed by atoms with Crippen LogP contribution in [0.1, 0.15) is 88.7 Å². The first-order chi connectivity index (χ1) is 14.1. The Bertz CT molecular complexity index is 760. The number of H-pyrrole nitrogens is 1. The van der Waals surface area contributed by atoms with Gasteiger partial charge in [0.25, 0.3) is 5.91 Å². The van der Waals surface area contributed by atoms with Gasteiger partial charge in [-0.05, 0) is 32.1 Å². The average Bonchev–Trinajstić information content (AvgIpc) is 3.34. The van der Waals surface area contributed by atoms with Crippen LogP contribution in [0.4, 0.5) is 10.6 Å². The van der Waals surface area contributed by atoms with Crippen LogP contribution in [0.3, 0.4) is 0 Å². The van der Waals surface area contributed by atoms with Crippen LogP contribution in [0.5, 0.6) is 0 Å². The van der Waals surface area contributed by atoms with Crippen LogP contribution in [0, 0.1) is 0 Å². The summed E-state index contributed by atoms with van der Waals surface area (Å²) in [5.74, 6) is 0.778. The van der Waals surface area contributed by atoms with Gasteiger partial charge < -0.3 is 10.6 Å². The van der Waals surface area contributed by atoms with Crippen molar-refractivity contribution < 1.29 is 14.4 Å². The van der Waals surface area contributed by atoms with E-state index in [4.69, 9.17) is 0 Å². The summed E-state index contributed by atoms with van der Waals surface area (Å²) < 4.78 is 0. The Morgan fingerprint density at radius 1 is 1.14 bits per heavy atom. The van der Waals surface area contributed by atoms with Gasteiger partial charge in [0.1, 0.15) is 5.54 Å². The third-order valence-corrected chi connectivity index (χ3v) is 6.65. The van der Waals surface area contributed by atoms with E-state index in [0.29, 0.717) is 18.2 Å². The highest BCUT2D eigenvalue weighted by Crippen LogP contribution is 2.35. The Hall–Kier alpha value is -2.38. The summed E-state index contributed by atoms with van der Waals surface area (Å²) >= 11 is 0. The number of nitrogens with zero attached hydrogens (tertiary/aromatic N) is 2. The Balaban J connectivity index is 1.23. The molecule has 29 heavy (non-hydrogen) atoms. The zero-order valence-electron chi connectivity index (χ0n) is 17.0. The van der Waals surface area contributed by atoms with Crippen molar-refractivity contribution in [1.29, 1.82) is 0 Å². The fraction of sp³-hybridized carbons (Fsp3) is 0.714. The predicted octanol–water partition coefficient (Wildman–Crippen LogP) is 3.43. The minimum atomic E-state index is -0.678. The standard InChI is InChI=1S/C21H31N5O3/c27-18(22-17-14-16(24-25-17)15-8-3-1-2-4-9-15)10-7-13-26-19(28)21(23-20(26)29)11-5-6-12-21/h14-15H,1-13H2,(H,23,29)(H2,22,24,25,27). The van der Waals surface area contributed by atoms with Crippen molar-refractivity contribution in [2.75, 3.05) is 11.9 Å². The third-order valence-electron chi connectivity index (χ3n) is 6.65. The summed E-state index contributed by atoms with van der Waals surface area (Å²) in [4.78, 5) is 38.3. The summed E-state index contributed by atoms with van der Waals surface area (Å²) in [6, 6.07) is 1.62. The average molecular weight is 402 g/mol. The number of amides is 4. The molecule has 2 heterocycles. The number of imide groups is 1. The quantitative estimate of drug-likeness (QED) is 0.501. The Labute approximate surface area is 171 Å². The molecule has 2 saturated carbocycles. The van der Waals surface area contributed by atoms with Gasteiger partial charge in [-0.3, -0.25) is 19.6 Å². The van der Waals surface area contributed by atoms with Crippen LogP contribution in [-0.4, -0.2) is 45.0 Å². The molecule has 0 radical (unpaired) electrons. The Morgan fingerprint density at radius 3 is 2.59 bits per heavy atom. The van der Waals surface area contributed by atoms with E-state index in [1.54, 1.807) is 0 Å². The zero-order valence-corrected chi connectivity index (χ0v) is 17.0. The minimum absolute atomic E-state index is 0.124. The predicted molar refractivity (Wildman–Crippen MR) is 108 cm³/mol. The molecule has 4 amide bonds. The molecule has 3 N–H and O–H groups in total. The van der Waals surface area contributed by atoms with Gasteiger partial charge in [-0.15, -0.1) is 0 Å². The molecule has 1 aromatic heterocycles. The van der Waals surface area contributed by atoms with E-state index in [9.17, 15) is 14.4 Å². The summed E-state index contributed by atoms with van der Waals surface area (Å²) in [5.41, 5.74) is 0.423. The second kappa shape index (κ2) is 8.55. The van der Waals surface area contributed by atoms with Gasteiger partial charge in [-0.1, -0.05) is 38.5 Å². The molecule has 8 nitrogen and oxygen atoms in total. The molecule has 0 bridgehead atoms. The van der Waals surface area contributed by atoms with Crippen molar-refractivity contribution in [3.8, 4) is 0 Å². The van der Waals surface area contributed by atoms with Gasteiger partial charge in [-0.25, -0.2) is 4.79 Å². The van der Waals surface area contributed by atoms with Crippen LogP contribution in [0.15, 0.2) is 6.07 Å².